The first-order valence-electron chi connectivity index (χ1n) is 5.04. The van der Waals surface area contributed by atoms with Crippen LogP contribution in [0.5, 0.6) is 0 Å². The summed E-state index contributed by atoms with van der Waals surface area (Å²) in [6, 6.07) is 3.20. The highest BCUT2D eigenvalue weighted by molar-refractivity contribution is 5.86. The molecule has 92 valence electrons. The number of nitrogens with one attached hydrogen (secondary N) is 1. The topological polar surface area (TPSA) is 83.8 Å². The molecule has 2 N–H and O–H groups in total. The summed E-state index contributed by atoms with van der Waals surface area (Å²) in [5.41, 5.74) is 0.0578. The van der Waals surface area contributed by atoms with E-state index in [0.717, 1.165) is 0 Å². The lowest BCUT2D eigenvalue weighted by molar-refractivity contribution is 0.0635. The highest BCUT2D eigenvalue weighted by Crippen LogP contribution is 2.10. The van der Waals surface area contributed by atoms with Gasteiger partial charge in [-0.15, -0.1) is 0 Å². The molecule has 0 radical (unpaired) electrons. The van der Waals surface area contributed by atoms with Crippen molar-refractivity contribution >= 4 is 18.1 Å². The number of hydrogen-bond donors (Lipinski definition) is 2. The summed E-state index contributed by atoms with van der Waals surface area (Å²) in [5.74, 6) is 0.330. The summed E-state index contributed by atoms with van der Waals surface area (Å²) in [7, 11) is 0. The third-order valence-corrected chi connectivity index (χ3v) is 1.62. The first-order chi connectivity index (χ1) is 7.90. The number of amides is 1. The van der Waals surface area contributed by atoms with Crippen molar-refractivity contribution in [3.63, 3.8) is 0 Å². The fourth-order valence-electron chi connectivity index (χ4n) is 1.07. The standard InChI is InChI=1S/C11H15N3O3/c1-11(2,3)17-10(15)14-9-6-8(7-13-16)4-5-12-9/h4-7,16H,1-3H3,(H,12,14,15)/b13-7+. The average molecular weight is 237 g/mol. The van der Waals surface area contributed by atoms with Crippen molar-refractivity contribution in [3.8, 4) is 0 Å². The summed E-state index contributed by atoms with van der Waals surface area (Å²) in [5, 5.41) is 13.8. The van der Waals surface area contributed by atoms with E-state index >= 15 is 0 Å². The van der Waals surface area contributed by atoms with E-state index in [1.165, 1.54) is 12.4 Å². The average Bonchev–Trinajstić information content (AvgIpc) is 2.15. The number of carbonyl (C=O) groups excluding carboxylic acids is 1. The van der Waals surface area contributed by atoms with E-state index in [2.05, 4.69) is 15.5 Å². The van der Waals surface area contributed by atoms with E-state index < -0.39 is 11.7 Å². The molecule has 0 aromatic carbocycles. The van der Waals surface area contributed by atoms with Gasteiger partial charge < -0.3 is 9.94 Å². The second-order valence-electron chi connectivity index (χ2n) is 4.35. The Bertz CT molecular complexity index is 424. The summed E-state index contributed by atoms with van der Waals surface area (Å²) < 4.78 is 5.07. The van der Waals surface area contributed by atoms with Gasteiger partial charge in [0, 0.05) is 11.8 Å². The third-order valence-electron chi connectivity index (χ3n) is 1.62. The second-order valence-corrected chi connectivity index (χ2v) is 4.35. The number of rotatable bonds is 2. The van der Waals surface area contributed by atoms with Gasteiger partial charge in [0.1, 0.15) is 11.4 Å². The number of nitrogens with zero attached hydrogens (tertiary/aromatic N) is 2. The fraction of sp³-hybridized carbons (Fsp3) is 0.364. The normalized spacial score (nSPS) is 11.5. The Kier molecular flexibility index (Phi) is 4.03. The molecule has 6 nitrogen and oxygen atoms in total. The zero-order chi connectivity index (χ0) is 12.9. The van der Waals surface area contributed by atoms with Gasteiger partial charge in [0.2, 0.25) is 0 Å². The Hall–Kier alpha value is -2.11. The van der Waals surface area contributed by atoms with Crippen LogP contribution in [-0.4, -0.2) is 28.1 Å². The lowest BCUT2D eigenvalue weighted by Crippen LogP contribution is -2.27. The van der Waals surface area contributed by atoms with Crippen LogP contribution < -0.4 is 5.32 Å². The van der Waals surface area contributed by atoms with Crippen molar-refractivity contribution in [1.29, 1.82) is 0 Å². The largest absolute Gasteiger partial charge is 0.444 e. The molecule has 0 saturated heterocycles. The Labute approximate surface area is 99.3 Å². The number of pyridine rings is 1. The van der Waals surface area contributed by atoms with Gasteiger partial charge in [0.25, 0.3) is 0 Å². The maximum absolute atomic E-state index is 11.4. The molecule has 6 heteroatoms. The number of hydrogen-bond acceptors (Lipinski definition) is 5. The lowest BCUT2D eigenvalue weighted by Gasteiger charge is -2.19. The molecular formula is C11H15N3O3. The van der Waals surface area contributed by atoms with E-state index in [1.807, 2.05) is 0 Å². The van der Waals surface area contributed by atoms with E-state index in [-0.39, 0.29) is 0 Å². The van der Waals surface area contributed by atoms with Gasteiger partial charge >= 0.3 is 6.09 Å². The molecule has 17 heavy (non-hydrogen) atoms. The van der Waals surface area contributed by atoms with Crippen molar-refractivity contribution < 1.29 is 14.7 Å². The van der Waals surface area contributed by atoms with Crippen LogP contribution in [0.1, 0.15) is 26.3 Å². The maximum atomic E-state index is 11.4. The SMILES string of the molecule is CC(C)(C)OC(=O)Nc1cc(/C=N/O)ccn1. The predicted molar refractivity (Wildman–Crippen MR) is 63.5 cm³/mol. The van der Waals surface area contributed by atoms with Crippen molar-refractivity contribution in [1.82, 2.24) is 4.98 Å². The van der Waals surface area contributed by atoms with Crippen LogP contribution in [0, 0.1) is 0 Å². The van der Waals surface area contributed by atoms with E-state index in [0.29, 0.717) is 11.4 Å². The van der Waals surface area contributed by atoms with Gasteiger partial charge in [0.05, 0.1) is 6.21 Å². The van der Waals surface area contributed by atoms with E-state index in [9.17, 15) is 4.79 Å². The minimum absolute atomic E-state index is 0.330. The molecule has 1 heterocycles. The van der Waals surface area contributed by atoms with E-state index in [4.69, 9.17) is 9.94 Å². The summed E-state index contributed by atoms with van der Waals surface area (Å²) in [6.45, 7) is 5.32. The van der Waals surface area contributed by atoms with Gasteiger partial charge in [-0.05, 0) is 32.9 Å². The van der Waals surface area contributed by atoms with Crippen LogP contribution >= 0.6 is 0 Å². The van der Waals surface area contributed by atoms with E-state index in [1.54, 1.807) is 32.9 Å². The molecule has 0 unspecified atom stereocenters. The quantitative estimate of drug-likeness (QED) is 0.469. The smallest absolute Gasteiger partial charge is 0.413 e. The monoisotopic (exact) mass is 237 g/mol. The summed E-state index contributed by atoms with van der Waals surface area (Å²) in [6.07, 6.45) is 2.15. The summed E-state index contributed by atoms with van der Waals surface area (Å²) in [4.78, 5) is 15.4. The predicted octanol–water partition coefficient (Wildman–Crippen LogP) is 2.24. The molecule has 0 bridgehead atoms. The molecular weight excluding hydrogens is 222 g/mol. The minimum atomic E-state index is -0.580. The first-order valence-corrected chi connectivity index (χ1v) is 5.04. The Morgan fingerprint density at radius 2 is 2.29 bits per heavy atom. The van der Waals surface area contributed by atoms with Gasteiger partial charge in [0.15, 0.2) is 0 Å². The maximum Gasteiger partial charge on any atom is 0.413 e. The molecule has 1 amide bonds. The molecule has 1 aromatic heterocycles. The fourth-order valence-corrected chi connectivity index (χ4v) is 1.07. The zero-order valence-electron chi connectivity index (χ0n) is 9.97. The molecule has 0 spiro atoms. The minimum Gasteiger partial charge on any atom is -0.444 e. The molecule has 0 aliphatic rings. The van der Waals surface area contributed by atoms with Crippen LogP contribution in [0.4, 0.5) is 10.6 Å². The lowest BCUT2D eigenvalue weighted by atomic mass is 10.2. The molecule has 1 aromatic rings. The van der Waals surface area contributed by atoms with Crippen molar-refractivity contribution in [2.45, 2.75) is 26.4 Å². The number of aromatic nitrogens is 1. The molecule has 0 fully saturated rings. The van der Waals surface area contributed by atoms with Crippen molar-refractivity contribution in [3.05, 3.63) is 23.9 Å². The zero-order valence-corrected chi connectivity index (χ0v) is 9.97. The number of carbonyl (C=O) groups is 1. The Balaban J connectivity index is 2.68. The van der Waals surface area contributed by atoms with Crippen LogP contribution in [0.3, 0.4) is 0 Å². The molecule has 0 saturated carbocycles. The van der Waals surface area contributed by atoms with Crippen LogP contribution in [0.2, 0.25) is 0 Å². The third kappa shape index (κ3) is 4.96. The van der Waals surface area contributed by atoms with Gasteiger partial charge in [-0.2, -0.15) is 0 Å². The number of oxime groups is 1. The second kappa shape index (κ2) is 5.29. The number of anilines is 1. The molecule has 0 aliphatic heterocycles. The van der Waals surface area contributed by atoms with Crippen LogP contribution in [0.25, 0.3) is 0 Å². The van der Waals surface area contributed by atoms with Crippen molar-refractivity contribution in [2.75, 3.05) is 5.32 Å². The summed E-state index contributed by atoms with van der Waals surface area (Å²) >= 11 is 0. The molecule has 0 aliphatic carbocycles. The highest BCUT2D eigenvalue weighted by Gasteiger charge is 2.16. The molecule has 1 rings (SSSR count). The van der Waals surface area contributed by atoms with Crippen molar-refractivity contribution in [2.24, 2.45) is 5.16 Å². The highest BCUT2D eigenvalue weighted by atomic mass is 16.6. The Morgan fingerprint density at radius 1 is 1.59 bits per heavy atom. The van der Waals surface area contributed by atoms with Gasteiger partial charge in [-0.3, -0.25) is 5.32 Å². The number of ether oxygens (including phenoxy) is 1. The van der Waals surface area contributed by atoms with Gasteiger partial charge in [-0.25, -0.2) is 9.78 Å². The Morgan fingerprint density at radius 3 is 2.88 bits per heavy atom. The van der Waals surface area contributed by atoms with Crippen LogP contribution in [-0.2, 0) is 4.74 Å². The molecule has 0 atom stereocenters. The van der Waals surface area contributed by atoms with Gasteiger partial charge in [-0.1, -0.05) is 5.16 Å². The first kappa shape index (κ1) is 13.0. The van der Waals surface area contributed by atoms with Crippen LogP contribution in [0.15, 0.2) is 23.5 Å².